The van der Waals surface area contributed by atoms with Crippen LogP contribution < -0.4 is 0 Å². The van der Waals surface area contributed by atoms with Crippen LogP contribution in [-0.4, -0.2) is 5.79 Å². The summed E-state index contributed by atoms with van der Waals surface area (Å²) in [5.41, 5.74) is 2.85. The molecule has 0 amide bonds. The molecule has 2 aliphatic carbocycles. The van der Waals surface area contributed by atoms with Gasteiger partial charge in [0.25, 0.3) is 18.3 Å². The van der Waals surface area contributed by atoms with Gasteiger partial charge in [-0.25, -0.2) is 0 Å². The topological polar surface area (TPSA) is 66.0 Å². The van der Waals surface area contributed by atoms with Crippen molar-refractivity contribution in [3.05, 3.63) is 24.3 Å². The summed E-state index contributed by atoms with van der Waals surface area (Å²) in [6.07, 6.45) is 2.83. The maximum Gasteiger partial charge on any atom is 0.290 e. The molecule has 0 heterocycles. The Morgan fingerprint density at radius 2 is 1.27 bits per heavy atom. The molecule has 0 aliphatic heterocycles. The van der Waals surface area contributed by atoms with Crippen LogP contribution in [0.3, 0.4) is 0 Å². The molecule has 76 valence electrons. The third kappa shape index (κ3) is 2.89. The third-order valence-electron chi connectivity index (χ3n) is 1.80. The Labute approximate surface area is 88.3 Å². The molecule has 2 rings (SSSR count). The first-order valence-electron chi connectivity index (χ1n) is 4.34. The van der Waals surface area contributed by atoms with E-state index in [1.54, 1.807) is 0 Å². The number of hydrogen-bond donors (Lipinski definition) is 0. The highest BCUT2D eigenvalue weighted by atomic mass is 16.7. The molecule has 0 atom stereocenters. The van der Waals surface area contributed by atoms with Crippen LogP contribution in [0.5, 0.6) is 0 Å². The Bertz CT molecular complexity index is 371. The van der Waals surface area contributed by atoms with Crippen molar-refractivity contribution < 1.29 is 9.47 Å². The predicted molar refractivity (Wildman–Crippen MR) is 52.9 cm³/mol. The van der Waals surface area contributed by atoms with Crippen LogP contribution in [0, 0.1) is 23.0 Å². The lowest BCUT2D eigenvalue weighted by atomic mass is 9.95. The van der Waals surface area contributed by atoms with Crippen LogP contribution in [0.4, 0.5) is 0 Å². The molecule has 0 aromatic rings. The third-order valence-corrected chi connectivity index (χ3v) is 1.80. The highest BCUT2D eigenvalue weighted by Crippen LogP contribution is 2.29. The summed E-state index contributed by atoms with van der Waals surface area (Å²) in [7, 11) is 0. The first kappa shape index (κ1) is 10.9. The van der Waals surface area contributed by atoms with Crippen molar-refractivity contribution in [3.63, 3.8) is 0 Å². The van der Waals surface area contributed by atoms with Crippen molar-refractivity contribution in [1.82, 2.24) is 0 Å². The summed E-state index contributed by atoms with van der Waals surface area (Å²) in [4.78, 5) is 0. The van der Waals surface area contributed by atoms with E-state index in [9.17, 15) is 0 Å². The van der Waals surface area contributed by atoms with Crippen LogP contribution in [0.1, 0.15) is 13.8 Å². The standard InChI is InChI=1S/C6H4.C5H6N2O2/c1-2-6-4-3-5(1)6;1-5(2,8-3-6)9-4-7/h1-4H;1-2H3. The number of benzene rings is 1. The summed E-state index contributed by atoms with van der Waals surface area (Å²) < 4.78 is 8.66. The van der Waals surface area contributed by atoms with Crippen molar-refractivity contribution in [2.24, 2.45) is 0 Å². The number of hydrogen-bond acceptors (Lipinski definition) is 4. The fraction of sp³-hybridized carbons (Fsp3) is 0.273. The minimum absolute atomic E-state index is 1.12. The number of fused-ring (bicyclic) bond motifs is 1. The van der Waals surface area contributed by atoms with E-state index in [1.165, 1.54) is 37.5 Å². The molecule has 0 radical (unpaired) electrons. The van der Waals surface area contributed by atoms with Gasteiger partial charge in [-0.2, -0.15) is 10.5 Å². The first-order chi connectivity index (χ1) is 7.09. The van der Waals surface area contributed by atoms with Gasteiger partial charge in [0.2, 0.25) is 0 Å². The minimum atomic E-state index is -1.12. The molecule has 0 saturated carbocycles. The highest BCUT2D eigenvalue weighted by Gasteiger charge is 2.19. The Kier molecular flexibility index (Phi) is 3.15. The molecule has 2 aliphatic rings. The van der Waals surface area contributed by atoms with Gasteiger partial charge >= 0.3 is 0 Å². The van der Waals surface area contributed by atoms with Gasteiger partial charge in [-0.1, -0.05) is 24.3 Å². The van der Waals surface area contributed by atoms with E-state index in [-0.39, 0.29) is 0 Å². The zero-order valence-corrected chi connectivity index (χ0v) is 8.52. The van der Waals surface area contributed by atoms with Crippen molar-refractivity contribution in [2.45, 2.75) is 19.6 Å². The number of nitriles is 2. The van der Waals surface area contributed by atoms with Gasteiger partial charge in [-0.15, -0.1) is 0 Å². The number of nitrogens with zero attached hydrogens (tertiary/aromatic N) is 2. The normalized spacial score (nSPS) is 9.87. The maximum atomic E-state index is 7.97. The Hall–Kier alpha value is -2.20. The molecule has 4 nitrogen and oxygen atoms in total. The van der Waals surface area contributed by atoms with Gasteiger partial charge in [0.1, 0.15) is 0 Å². The molecule has 4 heteroatoms. The van der Waals surface area contributed by atoms with Crippen molar-refractivity contribution in [1.29, 1.82) is 10.5 Å². The van der Waals surface area contributed by atoms with Gasteiger partial charge in [-0.3, -0.25) is 0 Å². The van der Waals surface area contributed by atoms with Crippen molar-refractivity contribution in [2.75, 3.05) is 0 Å². The lowest BCUT2D eigenvalue weighted by Gasteiger charge is -2.15. The van der Waals surface area contributed by atoms with Crippen LogP contribution in [0.2, 0.25) is 0 Å². The molecule has 0 N–H and O–H groups in total. The molecular weight excluding hydrogens is 192 g/mol. The largest absolute Gasteiger partial charge is 0.382 e. The lowest BCUT2D eigenvalue weighted by molar-refractivity contribution is -0.127. The Morgan fingerprint density at radius 3 is 1.40 bits per heavy atom. The van der Waals surface area contributed by atoms with E-state index in [4.69, 9.17) is 10.5 Å². The molecule has 15 heavy (non-hydrogen) atoms. The smallest absolute Gasteiger partial charge is 0.290 e. The summed E-state index contributed by atoms with van der Waals surface area (Å²) in [6.45, 7) is 2.94. The van der Waals surface area contributed by atoms with Crippen LogP contribution in [-0.2, 0) is 9.47 Å². The first-order valence-corrected chi connectivity index (χ1v) is 4.34. The van der Waals surface area contributed by atoms with Crippen LogP contribution >= 0.6 is 0 Å². The van der Waals surface area contributed by atoms with Gasteiger partial charge < -0.3 is 9.47 Å². The van der Waals surface area contributed by atoms with E-state index in [1.807, 2.05) is 0 Å². The van der Waals surface area contributed by atoms with Crippen molar-refractivity contribution >= 4 is 0 Å². The molecule has 0 saturated heterocycles. The molecule has 0 aromatic carbocycles. The molecule has 0 bridgehead atoms. The zero-order valence-electron chi connectivity index (χ0n) is 8.52. The predicted octanol–water partition coefficient (Wildman–Crippen LogP) is 2.38. The molecule has 0 aromatic heterocycles. The van der Waals surface area contributed by atoms with Gasteiger partial charge in [0, 0.05) is 13.8 Å². The van der Waals surface area contributed by atoms with E-state index < -0.39 is 5.79 Å². The van der Waals surface area contributed by atoms with Gasteiger partial charge in [0.15, 0.2) is 0 Å². The molecule has 0 spiro atoms. The maximum absolute atomic E-state index is 7.97. The molecule has 0 unspecified atom stereocenters. The fourth-order valence-electron chi connectivity index (χ4n) is 0.903. The van der Waals surface area contributed by atoms with Crippen molar-refractivity contribution in [3.8, 4) is 23.6 Å². The van der Waals surface area contributed by atoms with E-state index >= 15 is 0 Å². The summed E-state index contributed by atoms with van der Waals surface area (Å²) >= 11 is 0. The monoisotopic (exact) mass is 202 g/mol. The number of rotatable bonds is 2. The molecule has 0 fully saturated rings. The zero-order chi connectivity index (χ0) is 11.3. The Balaban J connectivity index is 0.000000158. The fourth-order valence-corrected chi connectivity index (χ4v) is 0.903. The quantitative estimate of drug-likeness (QED) is 0.554. The second-order valence-electron chi connectivity index (χ2n) is 3.36. The molecular formula is C11H10N2O2. The lowest BCUT2D eigenvalue weighted by Crippen LogP contribution is -2.23. The van der Waals surface area contributed by atoms with Crippen LogP contribution in [0.15, 0.2) is 24.3 Å². The van der Waals surface area contributed by atoms with E-state index in [2.05, 4.69) is 33.7 Å². The minimum Gasteiger partial charge on any atom is -0.382 e. The van der Waals surface area contributed by atoms with Crippen LogP contribution in [0.25, 0.3) is 11.1 Å². The van der Waals surface area contributed by atoms with Gasteiger partial charge in [-0.05, 0) is 11.1 Å². The highest BCUT2D eigenvalue weighted by molar-refractivity contribution is 5.75. The second-order valence-corrected chi connectivity index (χ2v) is 3.36. The summed E-state index contributed by atoms with van der Waals surface area (Å²) in [5.74, 6) is -1.12. The average molecular weight is 202 g/mol. The van der Waals surface area contributed by atoms with E-state index in [0.29, 0.717) is 0 Å². The SMILES string of the molecule is CC(C)(OC#N)OC#N.c1cc2ccc1-2. The Morgan fingerprint density at radius 1 is 0.933 bits per heavy atom. The second kappa shape index (κ2) is 4.34. The number of ether oxygens (including phenoxy) is 2. The van der Waals surface area contributed by atoms with Gasteiger partial charge in [0.05, 0.1) is 0 Å². The summed E-state index contributed by atoms with van der Waals surface area (Å²) in [5, 5.41) is 15.9. The average Bonchev–Trinajstić information content (AvgIpc) is 2.12. The summed E-state index contributed by atoms with van der Waals surface area (Å²) in [6, 6.07) is 8.48. The van der Waals surface area contributed by atoms with E-state index in [0.717, 1.165) is 0 Å².